The van der Waals surface area contributed by atoms with Gasteiger partial charge in [0.05, 0.1) is 0 Å². The van der Waals surface area contributed by atoms with Gasteiger partial charge in [-0.15, -0.1) is 0 Å². The molecule has 0 radical (unpaired) electrons. The van der Waals surface area contributed by atoms with Gasteiger partial charge in [-0.2, -0.15) is 0 Å². The van der Waals surface area contributed by atoms with Crippen LogP contribution < -0.4 is 10.1 Å². The molecule has 1 heterocycles. The second-order valence-corrected chi connectivity index (χ2v) is 8.20. The number of hydrogen-bond acceptors (Lipinski definition) is 4. The Labute approximate surface area is 174 Å². The van der Waals surface area contributed by atoms with Gasteiger partial charge in [0.15, 0.2) is 6.10 Å². The van der Waals surface area contributed by atoms with Crippen molar-refractivity contribution in [2.24, 2.45) is 5.92 Å². The number of nitrogens with one attached hydrogen (secondary N) is 1. The first-order valence-electron chi connectivity index (χ1n) is 9.65. The Hall–Kier alpha value is -1.89. The van der Waals surface area contributed by atoms with E-state index in [-0.39, 0.29) is 24.5 Å². The zero-order chi connectivity index (χ0) is 19.9. The normalized spacial score (nSPS) is 21.1. The minimum atomic E-state index is -0.613. The molecule has 1 aliphatic rings. The van der Waals surface area contributed by atoms with Gasteiger partial charge in [0, 0.05) is 36.1 Å². The summed E-state index contributed by atoms with van der Waals surface area (Å²) in [5.74, 6) is 0.545. The maximum atomic E-state index is 12.7. The van der Waals surface area contributed by atoms with Gasteiger partial charge < -0.3 is 15.2 Å². The number of carbonyl (C=O) groups is 1. The fraction of sp³-hybridized carbons (Fsp3) is 0.409. The van der Waals surface area contributed by atoms with E-state index >= 15 is 0 Å². The van der Waals surface area contributed by atoms with Crippen molar-refractivity contribution in [3.63, 3.8) is 0 Å². The fourth-order valence-electron chi connectivity index (χ4n) is 3.53. The predicted octanol–water partition coefficient (Wildman–Crippen LogP) is 3.22. The Morgan fingerprint density at radius 2 is 2.07 bits per heavy atom. The molecule has 0 saturated carbocycles. The van der Waals surface area contributed by atoms with E-state index in [1.165, 1.54) is 5.56 Å². The molecule has 0 spiro atoms. The van der Waals surface area contributed by atoms with Crippen LogP contribution in [0, 0.1) is 5.92 Å². The van der Waals surface area contributed by atoms with E-state index in [9.17, 15) is 9.90 Å². The Balaban J connectivity index is 1.58. The molecule has 0 unspecified atom stereocenters. The predicted molar refractivity (Wildman–Crippen MR) is 113 cm³/mol. The Morgan fingerprint density at radius 3 is 2.79 bits per heavy atom. The summed E-state index contributed by atoms with van der Waals surface area (Å²) in [4.78, 5) is 15.0. The third kappa shape index (κ3) is 5.80. The van der Waals surface area contributed by atoms with Gasteiger partial charge in [-0.3, -0.25) is 9.69 Å². The van der Waals surface area contributed by atoms with Crippen molar-refractivity contribution in [3.05, 3.63) is 64.6 Å². The summed E-state index contributed by atoms with van der Waals surface area (Å²) in [5, 5.41) is 12.8. The molecule has 28 heavy (non-hydrogen) atoms. The quantitative estimate of drug-likeness (QED) is 0.685. The van der Waals surface area contributed by atoms with Crippen molar-refractivity contribution < 1.29 is 14.6 Å². The Morgan fingerprint density at radius 1 is 1.29 bits per heavy atom. The molecule has 3 rings (SSSR count). The first-order chi connectivity index (χ1) is 13.5. The van der Waals surface area contributed by atoms with Crippen molar-refractivity contribution in [1.82, 2.24) is 10.2 Å². The standard InChI is InChI=1S/C22H27BrN2O3/c1-16(28-20-9-5-8-19(23)12-20)22(27)24-21-14-25(11-10-18(21)15-26)13-17-6-3-2-4-7-17/h2-9,12,16,18,21,26H,10-11,13-15H2,1H3,(H,24,27)/t16-,18+,21+/m0/s1. The lowest BCUT2D eigenvalue weighted by Gasteiger charge is -2.38. The molecule has 0 bridgehead atoms. The number of ether oxygens (including phenoxy) is 1. The molecule has 0 aromatic heterocycles. The summed E-state index contributed by atoms with van der Waals surface area (Å²) in [5.41, 5.74) is 1.25. The van der Waals surface area contributed by atoms with Gasteiger partial charge in [0.25, 0.3) is 5.91 Å². The van der Waals surface area contributed by atoms with Crippen LogP contribution in [0.15, 0.2) is 59.1 Å². The van der Waals surface area contributed by atoms with Crippen LogP contribution in [0.2, 0.25) is 0 Å². The van der Waals surface area contributed by atoms with E-state index in [1.807, 2.05) is 42.5 Å². The van der Waals surface area contributed by atoms with Crippen LogP contribution in [-0.2, 0) is 11.3 Å². The molecule has 5 nitrogen and oxygen atoms in total. The summed E-state index contributed by atoms with van der Waals surface area (Å²) in [6.07, 6.45) is 0.243. The average Bonchev–Trinajstić information content (AvgIpc) is 2.69. The van der Waals surface area contributed by atoms with Gasteiger partial charge in [-0.25, -0.2) is 0 Å². The number of hydrogen-bond donors (Lipinski definition) is 2. The molecule has 1 aliphatic heterocycles. The molecule has 2 aromatic rings. The number of benzene rings is 2. The number of rotatable bonds is 7. The van der Waals surface area contributed by atoms with Crippen molar-refractivity contribution >= 4 is 21.8 Å². The van der Waals surface area contributed by atoms with Crippen LogP contribution in [-0.4, -0.2) is 47.8 Å². The highest BCUT2D eigenvalue weighted by molar-refractivity contribution is 9.10. The van der Waals surface area contributed by atoms with Crippen molar-refractivity contribution in [1.29, 1.82) is 0 Å². The first kappa shape index (κ1) is 20.8. The molecule has 1 fully saturated rings. The van der Waals surface area contributed by atoms with Crippen molar-refractivity contribution in [3.8, 4) is 5.75 Å². The summed E-state index contributed by atoms with van der Waals surface area (Å²) < 4.78 is 6.68. The van der Waals surface area contributed by atoms with Gasteiger partial charge in [-0.05, 0) is 43.7 Å². The maximum Gasteiger partial charge on any atom is 0.261 e. The Kier molecular flexibility index (Phi) is 7.48. The second kappa shape index (κ2) is 10.0. The fourth-order valence-corrected chi connectivity index (χ4v) is 3.91. The number of nitrogens with zero attached hydrogens (tertiary/aromatic N) is 1. The van der Waals surface area contributed by atoms with Gasteiger partial charge in [0.2, 0.25) is 0 Å². The number of halogens is 1. The molecule has 150 valence electrons. The van der Waals surface area contributed by atoms with Crippen LogP contribution in [0.5, 0.6) is 5.75 Å². The van der Waals surface area contributed by atoms with E-state index in [2.05, 4.69) is 38.3 Å². The third-order valence-electron chi connectivity index (χ3n) is 5.13. The lowest BCUT2D eigenvalue weighted by Crippen LogP contribution is -2.55. The number of piperidine rings is 1. The van der Waals surface area contributed by atoms with Crippen LogP contribution in [0.1, 0.15) is 18.9 Å². The van der Waals surface area contributed by atoms with E-state index < -0.39 is 6.10 Å². The van der Waals surface area contributed by atoms with E-state index in [0.29, 0.717) is 5.75 Å². The number of amides is 1. The molecule has 6 heteroatoms. The van der Waals surface area contributed by atoms with Crippen LogP contribution in [0.3, 0.4) is 0 Å². The molecule has 2 N–H and O–H groups in total. The highest BCUT2D eigenvalue weighted by Gasteiger charge is 2.31. The lowest BCUT2D eigenvalue weighted by molar-refractivity contribution is -0.129. The number of aliphatic hydroxyl groups excluding tert-OH is 1. The monoisotopic (exact) mass is 446 g/mol. The van der Waals surface area contributed by atoms with Gasteiger partial charge >= 0.3 is 0 Å². The van der Waals surface area contributed by atoms with Crippen molar-refractivity contribution in [2.45, 2.75) is 32.0 Å². The van der Waals surface area contributed by atoms with E-state index in [1.54, 1.807) is 6.92 Å². The minimum absolute atomic E-state index is 0.0639. The molecule has 0 aliphatic carbocycles. The number of likely N-dealkylation sites (tertiary alicyclic amines) is 1. The highest BCUT2D eigenvalue weighted by Crippen LogP contribution is 2.21. The smallest absolute Gasteiger partial charge is 0.261 e. The van der Waals surface area contributed by atoms with E-state index in [0.717, 1.165) is 30.5 Å². The van der Waals surface area contributed by atoms with Gasteiger partial charge in [0.1, 0.15) is 5.75 Å². The molecular weight excluding hydrogens is 420 g/mol. The molecule has 1 amide bonds. The molecule has 2 aromatic carbocycles. The maximum absolute atomic E-state index is 12.7. The molecular formula is C22H27BrN2O3. The number of carbonyl (C=O) groups excluding carboxylic acids is 1. The van der Waals surface area contributed by atoms with Crippen LogP contribution >= 0.6 is 15.9 Å². The summed E-state index contributed by atoms with van der Waals surface area (Å²) in [7, 11) is 0. The summed E-state index contributed by atoms with van der Waals surface area (Å²) in [6.45, 7) is 4.29. The summed E-state index contributed by atoms with van der Waals surface area (Å²) >= 11 is 3.41. The SMILES string of the molecule is C[C@H](Oc1cccc(Br)c1)C(=O)N[C@@H]1CN(Cc2ccccc2)CC[C@@H]1CO. The summed E-state index contributed by atoms with van der Waals surface area (Å²) in [6, 6.07) is 17.7. The lowest BCUT2D eigenvalue weighted by atomic mass is 9.91. The highest BCUT2D eigenvalue weighted by atomic mass is 79.9. The third-order valence-corrected chi connectivity index (χ3v) is 5.62. The Bertz CT molecular complexity index is 771. The largest absolute Gasteiger partial charge is 0.481 e. The van der Waals surface area contributed by atoms with E-state index in [4.69, 9.17) is 4.74 Å². The second-order valence-electron chi connectivity index (χ2n) is 7.28. The van der Waals surface area contributed by atoms with Gasteiger partial charge in [-0.1, -0.05) is 52.3 Å². The molecule has 3 atom stereocenters. The van der Waals surface area contributed by atoms with Crippen LogP contribution in [0.4, 0.5) is 0 Å². The average molecular weight is 447 g/mol. The number of aliphatic hydroxyl groups is 1. The first-order valence-corrected chi connectivity index (χ1v) is 10.4. The topological polar surface area (TPSA) is 61.8 Å². The molecule has 1 saturated heterocycles. The zero-order valence-electron chi connectivity index (χ0n) is 16.1. The van der Waals surface area contributed by atoms with Crippen molar-refractivity contribution in [2.75, 3.05) is 19.7 Å². The minimum Gasteiger partial charge on any atom is -0.481 e. The van der Waals surface area contributed by atoms with Crippen LogP contribution in [0.25, 0.3) is 0 Å². The zero-order valence-corrected chi connectivity index (χ0v) is 17.6.